The highest BCUT2D eigenvalue weighted by Crippen LogP contribution is 2.23. The van der Waals surface area contributed by atoms with E-state index in [9.17, 15) is 4.79 Å². The lowest BCUT2D eigenvalue weighted by molar-refractivity contribution is 0.0697. The van der Waals surface area contributed by atoms with Crippen LogP contribution in [0.5, 0.6) is 0 Å². The summed E-state index contributed by atoms with van der Waals surface area (Å²) in [5.74, 6) is -0.996. The molecule has 1 N–H and O–H groups in total. The topological polar surface area (TPSA) is 40.5 Å². The number of carboxylic acids is 1. The molecule has 0 aliphatic rings. The van der Waals surface area contributed by atoms with Gasteiger partial charge in [-0.05, 0) is 24.6 Å². The smallest absolute Gasteiger partial charge is 0.337 e. The second-order valence-electron chi connectivity index (χ2n) is 3.39. The second-order valence-corrected chi connectivity index (χ2v) is 3.80. The normalized spacial score (nSPS) is 10.1. The third-order valence-electron chi connectivity index (χ3n) is 2.18. The number of carboxylic acid groups (broad SMARTS) is 1. The van der Waals surface area contributed by atoms with Crippen LogP contribution in [0.15, 0.2) is 18.2 Å². The van der Waals surface area contributed by atoms with Gasteiger partial charge in [-0.3, -0.25) is 0 Å². The van der Waals surface area contributed by atoms with E-state index in [1.807, 2.05) is 11.9 Å². The summed E-state index contributed by atoms with van der Waals surface area (Å²) in [5.41, 5.74) is 1.08. The third kappa shape index (κ3) is 2.86. The number of halogens is 1. The van der Waals surface area contributed by atoms with Gasteiger partial charge in [0.2, 0.25) is 0 Å². The Morgan fingerprint density at radius 3 is 2.67 bits per heavy atom. The molecule has 1 rings (SSSR count). The van der Waals surface area contributed by atoms with Crippen molar-refractivity contribution in [1.82, 2.24) is 0 Å². The molecule has 82 valence electrons. The molecule has 15 heavy (non-hydrogen) atoms. The summed E-state index contributed by atoms with van der Waals surface area (Å²) in [6, 6.07) is 4.98. The summed E-state index contributed by atoms with van der Waals surface area (Å²) < 4.78 is 0. The van der Waals surface area contributed by atoms with Gasteiger partial charge >= 0.3 is 5.97 Å². The molecule has 0 saturated heterocycles. The SMILES string of the molecule is CCCN(C)c1ccc(C(=O)O)c(Cl)c1. The van der Waals surface area contributed by atoms with Crippen molar-refractivity contribution in [3.05, 3.63) is 28.8 Å². The van der Waals surface area contributed by atoms with E-state index in [4.69, 9.17) is 16.7 Å². The van der Waals surface area contributed by atoms with Gasteiger partial charge in [0, 0.05) is 19.3 Å². The van der Waals surface area contributed by atoms with E-state index in [0.717, 1.165) is 18.7 Å². The second kappa shape index (κ2) is 5.03. The van der Waals surface area contributed by atoms with Gasteiger partial charge in [-0.1, -0.05) is 18.5 Å². The molecular weight excluding hydrogens is 214 g/mol. The molecule has 0 atom stereocenters. The highest BCUT2D eigenvalue weighted by Gasteiger charge is 2.09. The van der Waals surface area contributed by atoms with Crippen molar-refractivity contribution in [2.24, 2.45) is 0 Å². The number of hydrogen-bond donors (Lipinski definition) is 1. The van der Waals surface area contributed by atoms with Crippen molar-refractivity contribution in [1.29, 1.82) is 0 Å². The molecule has 1 aromatic carbocycles. The summed E-state index contributed by atoms with van der Waals surface area (Å²) in [4.78, 5) is 12.8. The van der Waals surface area contributed by atoms with E-state index in [1.54, 1.807) is 12.1 Å². The predicted octanol–water partition coefficient (Wildman–Crippen LogP) is 2.88. The minimum Gasteiger partial charge on any atom is -0.478 e. The predicted molar refractivity (Wildman–Crippen MR) is 62.0 cm³/mol. The Hall–Kier alpha value is -1.22. The molecule has 0 spiro atoms. The Balaban J connectivity index is 2.96. The van der Waals surface area contributed by atoms with Gasteiger partial charge in [-0.15, -0.1) is 0 Å². The van der Waals surface area contributed by atoms with Crippen LogP contribution in [0, 0.1) is 0 Å². The Kier molecular flexibility index (Phi) is 3.97. The van der Waals surface area contributed by atoms with Gasteiger partial charge in [-0.25, -0.2) is 4.79 Å². The maximum atomic E-state index is 10.7. The Bertz CT molecular complexity index is 366. The van der Waals surface area contributed by atoms with Crippen molar-refractivity contribution in [3.8, 4) is 0 Å². The average Bonchev–Trinajstić information content (AvgIpc) is 2.17. The lowest BCUT2D eigenvalue weighted by Gasteiger charge is -2.18. The average molecular weight is 228 g/mol. The third-order valence-corrected chi connectivity index (χ3v) is 2.50. The van der Waals surface area contributed by atoms with Gasteiger partial charge in [0.1, 0.15) is 0 Å². The fourth-order valence-electron chi connectivity index (χ4n) is 1.38. The first-order valence-corrected chi connectivity index (χ1v) is 5.18. The van der Waals surface area contributed by atoms with Crippen LogP contribution in [0.2, 0.25) is 5.02 Å². The van der Waals surface area contributed by atoms with Crippen LogP contribution < -0.4 is 4.90 Å². The zero-order chi connectivity index (χ0) is 11.4. The van der Waals surface area contributed by atoms with Crippen LogP contribution in [-0.4, -0.2) is 24.7 Å². The number of aromatic carboxylic acids is 1. The Morgan fingerprint density at radius 1 is 1.53 bits per heavy atom. The summed E-state index contributed by atoms with van der Waals surface area (Å²) >= 11 is 5.86. The van der Waals surface area contributed by atoms with E-state index in [-0.39, 0.29) is 10.6 Å². The van der Waals surface area contributed by atoms with Gasteiger partial charge in [0.05, 0.1) is 10.6 Å². The monoisotopic (exact) mass is 227 g/mol. The van der Waals surface area contributed by atoms with Gasteiger partial charge in [0.15, 0.2) is 0 Å². The summed E-state index contributed by atoms with van der Waals surface area (Å²) in [6.45, 7) is 3.01. The van der Waals surface area contributed by atoms with Gasteiger partial charge < -0.3 is 10.0 Å². The number of nitrogens with zero attached hydrogens (tertiary/aromatic N) is 1. The van der Waals surface area contributed by atoms with E-state index in [0.29, 0.717) is 0 Å². The minimum absolute atomic E-state index is 0.144. The van der Waals surface area contributed by atoms with E-state index in [1.165, 1.54) is 6.07 Å². The summed E-state index contributed by atoms with van der Waals surface area (Å²) in [5, 5.41) is 9.08. The van der Waals surface area contributed by atoms with Gasteiger partial charge in [-0.2, -0.15) is 0 Å². The van der Waals surface area contributed by atoms with Gasteiger partial charge in [0.25, 0.3) is 0 Å². The molecule has 0 aliphatic heterocycles. The van der Waals surface area contributed by atoms with Crippen LogP contribution in [-0.2, 0) is 0 Å². The molecule has 4 heteroatoms. The van der Waals surface area contributed by atoms with E-state index in [2.05, 4.69) is 6.92 Å². The molecule has 0 aromatic heterocycles. The first kappa shape index (κ1) is 11.9. The standard InChI is InChI=1S/C11H14ClNO2/c1-3-6-13(2)8-4-5-9(11(14)15)10(12)7-8/h4-5,7H,3,6H2,1-2H3,(H,14,15). The highest BCUT2D eigenvalue weighted by molar-refractivity contribution is 6.33. The van der Waals surface area contributed by atoms with Crippen LogP contribution in [0.4, 0.5) is 5.69 Å². The quantitative estimate of drug-likeness (QED) is 0.860. The minimum atomic E-state index is -0.996. The first-order chi connectivity index (χ1) is 7.06. The van der Waals surface area contributed by atoms with Crippen LogP contribution in [0.3, 0.4) is 0 Å². The Morgan fingerprint density at radius 2 is 2.20 bits per heavy atom. The van der Waals surface area contributed by atoms with Crippen molar-refractivity contribution in [2.75, 3.05) is 18.5 Å². The fraction of sp³-hybridized carbons (Fsp3) is 0.364. The number of benzene rings is 1. The van der Waals surface area contributed by atoms with Crippen LogP contribution in [0.1, 0.15) is 23.7 Å². The highest BCUT2D eigenvalue weighted by atomic mass is 35.5. The lowest BCUT2D eigenvalue weighted by atomic mass is 10.2. The number of hydrogen-bond acceptors (Lipinski definition) is 2. The molecule has 0 aliphatic carbocycles. The van der Waals surface area contributed by atoms with Crippen molar-refractivity contribution in [2.45, 2.75) is 13.3 Å². The zero-order valence-electron chi connectivity index (χ0n) is 8.83. The molecule has 0 unspecified atom stereocenters. The molecule has 0 radical (unpaired) electrons. The number of carbonyl (C=O) groups is 1. The van der Waals surface area contributed by atoms with Crippen molar-refractivity contribution in [3.63, 3.8) is 0 Å². The molecule has 0 heterocycles. The lowest BCUT2D eigenvalue weighted by Crippen LogP contribution is -2.17. The van der Waals surface area contributed by atoms with Crippen LogP contribution >= 0.6 is 11.6 Å². The summed E-state index contributed by atoms with van der Waals surface area (Å²) in [6.07, 6.45) is 1.04. The summed E-state index contributed by atoms with van der Waals surface area (Å²) in [7, 11) is 1.95. The largest absolute Gasteiger partial charge is 0.478 e. The Labute approximate surface area is 94.3 Å². The maximum Gasteiger partial charge on any atom is 0.337 e. The number of rotatable bonds is 4. The molecule has 0 saturated carbocycles. The molecule has 0 amide bonds. The molecule has 0 bridgehead atoms. The first-order valence-electron chi connectivity index (χ1n) is 4.80. The molecular formula is C11H14ClNO2. The molecule has 0 fully saturated rings. The zero-order valence-corrected chi connectivity index (χ0v) is 9.58. The maximum absolute atomic E-state index is 10.7. The van der Waals surface area contributed by atoms with Crippen molar-refractivity contribution >= 4 is 23.3 Å². The number of anilines is 1. The van der Waals surface area contributed by atoms with Crippen molar-refractivity contribution < 1.29 is 9.90 Å². The van der Waals surface area contributed by atoms with Crippen LogP contribution in [0.25, 0.3) is 0 Å². The fourth-order valence-corrected chi connectivity index (χ4v) is 1.64. The van der Waals surface area contributed by atoms with E-state index < -0.39 is 5.97 Å². The molecule has 1 aromatic rings. The molecule has 3 nitrogen and oxygen atoms in total. The van der Waals surface area contributed by atoms with E-state index >= 15 is 0 Å².